The minimum absolute atomic E-state index is 1.18. The van der Waals surface area contributed by atoms with Gasteiger partial charge in [0, 0.05) is 50.7 Å². The predicted molar refractivity (Wildman–Crippen MR) is 140 cm³/mol. The van der Waals surface area contributed by atoms with E-state index in [0.29, 0.717) is 0 Å². The van der Waals surface area contributed by atoms with Gasteiger partial charge in [0.1, 0.15) is 0 Å². The van der Waals surface area contributed by atoms with Crippen LogP contribution in [0.2, 0.25) is 0 Å². The molecule has 0 aliphatic heterocycles. The maximum Gasteiger partial charge on any atom is 0.0453 e. The molecule has 0 amide bonds. The summed E-state index contributed by atoms with van der Waals surface area (Å²) in [5, 5.41) is 2.49. The first-order valence-electron chi connectivity index (χ1n) is 11.0. The van der Waals surface area contributed by atoms with Crippen molar-refractivity contribution in [3.05, 3.63) is 119 Å². The Kier molecular flexibility index (Phi) is 6.42. The van der Waals surface area contributed by atoms with Crippen molar-refractivity contribution < 1.29 is 0 Å². The Morgan fingerprint density at radius 3 is 1.59 bits per heavy atom. The van der Waals surface area contributed by atoms with Gasteiger partial charge in [0.2, 0.25) is 0 Å². The third-order valence-corrected chi connectivity index (χ3v) is 5.63. The van der Waals surface area contributed by atoms with Crippen LogP contribution < -0.4 is 0 Å². The first-order valence-corrected chi connectivity index (χ1v) is 11.0. The van der Waals surface area contributed by atoms with E-state index in [1.807, 2.05) is 0 Å². The second-order valence-electron chi connectivity index (χ2n) is 8.38. The summed E-state index contributed by atoms with van der Waals surface area (Å²) in [6.45, 7) is 0. The Morgan fingerprint density at radius 2 is 1.03 bits per heavy atom. The van der Waals surface area contributed by atoms with Crippen LogP contribution in [-0.4, -0.2) is 38.0 Å². The molecule has 2 nitrogen and oxygen atoms in total. The fourth-order valence-electron chi connectivity index (χ4n) is 4.05. The van der Waals surface area contributed by atoms with Gasteiger partial charge >= 0.3 is 0 Å². The van der Waals surface area contributed by atoms with Crippen molar-refractivity contribution in [1.82, 2.24) is 9.80 Å². The van der Waals surface area contributed by atoms with Crippen LogP contribution in [0.1, 0.15) is 22.3 Å². The number of rotatable bonds is 6. The molecule has 0 aromatic heterocycles. The highest BCUT2D eigenvalue weighted by Gasteiger charge is 2.18. The average Bonchev–Trinajstić information content (AvgIpc) is 2.81. The summed E-state index contributed by atoms with van der Waals surface area (Å²) in [7, 11) is 8.47. The van der Waals surface area contributed by atoms with Crippen LogP contribution in [0.15, 0.2) is 97.1 Å². The van der Waals surface area contributed by atoms with Crippen LogP contribution in [0.5, 0.6) is 0 Å². The first-order chi connectivity index (χ1) is 15.5. The third kappa shape index (κ3) is 4.60. The van der Waals surface area contributed by atoms with Gasteiger partial charge in [0.25, 0.3) is 0 Å². The average molecular weight is 419 g/mol. The molecule has 0 unspecified atom stereocenters. The Labute approximate surface area is 191 Å². The van der Waals surface area contributed by atoms with Crippen molar-refractivity contribution in [3.8, 4) is 0 Å². The lowest BCUT2D eigenvalue weighted by Crippen LogP contribution is -2.16. The first kappa shape index (κ1) is 21.5. The van der Waals surface area contributed by atoms with Crippen molar-refractivity contribution in [1.29, 1.82) is 0 Å². The fraction of sp³-hybridized carbons (Fsp3) is 0.133. The molecule has 0 saturated carbocycles. The van der Waals surface area contributed by atoms with E-state index < -0.39 is 0 Å². The van der Waals surface area contributed by atoms with Gasteiger partial charge in [-0.15, -0.1) is 0 Å². The molecular formula is C30H30N2. The zero-order valence-corrected chi connectivity index (χ0v) is 19.3. The van der Waals surface area contributed by atoms with E-state index >= 15 is 0 Å². The normalized spacial score (nSPS) is 12.1. The number of hydrogen-bond donors (Lipinski definition) is 0. The molecule has 0 spiro atoms. The second kappa shape index (κ2) is 9.57. The summed E-state index contributed by atoms with van der Waals surface area (Å²) < 4.78 is 0. The quantitative estimate of drug-likeness (QED) is 0.312. The van der Waals surface area contributed by atoms with Crippen LogP contribution >= 0.6 is 0 Å². The lowest BCUT2D eigenvalue weighted by molar-refractivity contribution is 0.587. The fourth-order valence-corrected chi connectivity index (χ4v) is 4.05. The molecule has 4 aromatic rings. The van der Waals surface area contributed by atoms with Crippen LogP contribution in [0.25, 0.3) is 34.3 Å². The Balaban J connectivity index is 2.03. The SMILES string of the molecule is CN(C)C(=Cc1ccccc1)c1ccc2ccccc2c1C(=Cc1ccccc1)N(C)C. The second-order valence-corrected chi connectivity index (χ2v) is 8.38. The molecule has 0 bridgehead atoms. The molecule has 0 fully saturated rings. The van der Waals surface area contributed by atoms with Gasteiger partial charge in [-0.05, 0) is 34.1 Å². The molecule has 0 N–H and O–H groups in total. The molecule has 4 rings (SSSR count). The summed E-state index contributed by atoms with van der Waals surface area (Å²) in [6.07, 6.45) is 4.55. The van der Waals surface area contributed by atoms with E-state index in [2.05, 4.69) is 147 Å². The van der Waals surface area contributed by atoms with Gasteiger partial charge in [-0.3, -0.25) is 0 Å². The van der Waals surface area contributed by atoms with Gasteiger partial charge in [0.15, 0.2) is 0 Å². The highest BCUT2D eigenvalue weighted by Crippen LogP contribution is 2.36. The Morgan fingerprint density at radius 1 is 0.531 bits per heavy atom. The molecule has 160 valence electrons. The van der Waals surface area contributed by atoms with Crippen LogP contribution in [0.3, 0.4) is 0 Å². The lowest BCUT2D eigenvalue weighted by Gasteiger charge is -2.26. The maximum atomic E-state index is 2.28. The predicted octanol–water partition coefficient (Wildman–Crippen LogP) is 6.96. The van der Waals surface area contributed by atoms with E-state index in [1.165, 1.54) is 44.4 Å². The molecule has 2 heteroatoms. The Hall–Kier alpha value is -3.78. The van der Waals surface area contributed by atoms with Crippen LogP contribution in [-0.2, 0) is 0 Å². The molecule has 0 aliphatic rings. The van der Waals surface area contributed by atoms with E-state index in [-0.39, 0.29) is 0 Å². The van der Waals surface area contributed by atoms with E-state index in [1.54, 1.807) is 0 Å². The van der Waals surface area contributed by atoms with Crippen molar-refractivity contribution in [3.63, 3.8) is 0 Å². The number of nitrogens with zero attached hydrogens (tertiary/aromatic N) is 2. The smallest absolute Gasteiger partial charge is 0.0453 e. The number of fused-ring (bicyclic) bond motifs is 1. The largest absolute Gasteiger partial charge is 0.377 e. The highest BCUT2D eigenvalue weighted by molar-refractivity contribution is 6.02. The van der Waals surface area contributed by atoms with Gasteiger partial charge in [-0.25, -0.2) is 0 Å². The molecular weight excluding hydrogens is 388 g/mol. The summed E-state index contributed by atoms with van der Waals surface area (Å²) in [4.78, 5) is 4.42. The van der Waals surface area contributed by atoms with E-state index in [0.717, 1.165) is 0 Å². The molecule has 32 heavy (non-hydrogen) atoms. The molecule has 0 atom stereocenters. The Bertz CT molecular complexity index is 1250. The summed E-state index contributed by atoms with van der Waals surface area (Å²) in [6, 6.07) is 34.2. The molecule has 0 aliphatic carbocycles. The zero-order valence-electron chi connectivity index (χ0n) is 19.3. The molecule has 0 heterocycles. The van der Waals surface area contributed by atoms with Crippen molar-refractivity contribution in [2.45, 2.75) is 0 Å². The summed E-state index contributed by atoms with van der Waals surface area (Å²) in [5.41, 5.74) is 7.20. The van der Waals surface area contributed by atoms with Crippen molar-refractivity contribution in [2.75, 3.05) is 28.2 Å². The van der Waals surface area contributed by atoms with Gasteiger partial charge < -0.3 is 9.80 Å². The molecule has 0 radical (unpaired) electrons. The minimum Gasteiger partial charge on any atom is -0.377 e. The minimum atomic E-state index is 1.18. The lowest BCUT2D eigenvalue weighted by atomic mass is 9.92. The number of hydrogen-bond acceptors (Lipinski definition) is 2. The van der Waals surface area contributed by atoms with Crippen LogP contribution in [0, 0.1) is 0 Å². The molecule has 0 saturated heterocycles. The highest BCUT2D eigenvalue weighted by atomic mass is 15.1. The van der Waals surface area contributed by atoms with E-state index in [9.17, 15) is 0 Å². The summed E-state index contributed by atoms with van der Waals surface area (Å²) >= 11 is 0. The van der Waals surface area contributed by atoms with Gasteiger partial charge in [0.05, 0.1) is 0 Å². The summed E-state index contributed by atoms with van der Waals surface area (Å²) in [5.74, 6) is 0. The van der Waals surface area contributed by atoms with Crippen molar-refractivity contribution in [2.24, 2.45) is 0 Å². The monoisotopic (exact) mass is 418 g/mol. The molecule has 4 aromatic carbocycles. The van der Waals surface area contributed by atoms with Crippen molar-refractivity contribution >= 4 is 34.3 Å². The van der Waals surface area contributed by atoms with E-state index in [4.69, 9.17) is 0 Å². The van der Waals surface area contributed by atoms with Gasteiger partial charge in [-0.1, -0.05) is 97.1 Å². The standard InChI is InChI=1S/C30H30N2/c1-31(2)28(21-23-13-7-5-8-14-23)27-20-19-25-17-11-12-18-26(25)30(27)29(32(3)4)22-24-15-9-6-10-16-24/h5-22H,1-4H3. The zero-order chi connectivity index (χ0) is 22.5. The number of benzene rings is 4. The topological polar surface area (TPSA) is 6.48 Å². The third-order valence-electron chi connectivity index (χ3n) is 5.63. The van der Waals surface area contributed by atoms with Gasteiger partial charge in [-0.2, -0.15) is 0 Å². The maximum absolute atomic E-state index is 2.28. The van der Waals surface area contributed by atoms with Crippen LogP contribution in [0.4, 0.5) is 0 Å².